The van der Waals surface area contributed by atoms with Crippen molar-refractivity contribution in [1.82, 2.24) is 0 Å². The molecule has 0 radical (unpaired) electrons. The van der Waals surface area contributed by atoms with Gasteiger partial charge in [0.25, 0.3) is 0 Å². The van der Waals surface area contributed by atoms with Gasteiger partial charge >= 0.3 is 5.97 Å². The Morgan fingerprint density at radius 3 is 2.17 bits per heavy atom. The molecule has 0 bridgehead atoms. The first-order valence-electron chi connectivity index (χ1n) is 8.29. The van der Waals surface area contributed by atoms with E-state index in [0.717, 1.165) is 25.7 Å². The number of hydrogen-bond donors (Lipinski definition) is 0. The summed E-state index contributed by atoms with van der Waals surface area (Å²) in [6.45, 7) is 15.7. The zero-order valence-corrected chi connectivity index (χ0v) is 15.2. The Balaban J connectivity index is 4.39. The van der Waals surface area contributed by atoms with Crippen LogP contribution in [0, 0.1) is 0 Å². The van der Waals surface area contributed by atoms with Crippen LogP contribution in [0.1, 0.15) is 59.8 Å². The Hall–Kier alpha value is -1.83. The predicted octanol–water partition coefficient (Wildman–Crippen LogP) is 6.08. The highest BCUT2D eigenvalue weighted by molar-refractivity contribution is 5.81. The lowest BCUT2D eigenvalue weighted by Gasteiger charge is -2.12. The quantitative estimate of drug-likeness (QED) is 0.262. The van der Waals surface area contributed by atoms with Crippen molar-refractivity contribution in [2.75, 3.05) is 0 Å². The van der Waals surface area contributed by atoms with Crippen molar-refractivity contribution >= 4 is 5.97 Å². The molecule has 23 heavy (non-hydrogen) atoms. The molecule has 2 nitrogen and oxygen atoms in total. The topological polar surface area (TPSA) is 26.3 Å². The minimum atomic E-state index is -0.393. The minimum absolute atomic E-state index is 0.249. The largest absolute Gasteiger partial charge is 0.455 e. The van der Waals surface area contributed by atoms with Crippen molar-refractivity contribution in [3.05, 3.63) is 60.3 Å². The molecule has 2 heteroatoms. The number of carbonyl (C=O) groups excluding carboxylic acids is 1. The fraction of sp³-hybridized carbons (Fsp3) is 0.476. The predicted molar refractivity (Wildman–Crippen MR) is 100 cm³/mol. The highest BCUT2D eigenvalue weighted by Crippen LogP contribution is 2.13. The van der Waals surface area contributed by atoms with E-state index in [1.807, 2.05) is 6.08 Å². The molecular formula is C21H32O2. The standard InChI is InChI=1S/C21H32O2/c1-7-11-20(23-21(22)8-2)16-19(6)15-10-14-18(5)13-9-12-17(3)4/h7-8,12,14,16,20H,1-2,9-11,13,15H2,3-6H3/b18-14+,19-16+/t20-/m1/s1. The molecule has 1 atom stereocenters. The van der Waals surface area contributed by atoms with Crippen LogP contribution in [0.25, 0.3) is 0 Å². The summed E-state index contributed by atoms with van der Waals surface area (Å²) in [5.74, 6) is -0.393. The smallest absolute Gasteiger partial charge is 0.330 e. The van der Waals surface area contributed by atoms with Crippen molar-refractivity contribution in [3.8, 4) is 0 Å². The van der Waals surface area contributed by atoms with Crippen molar-refractivity contribution < 1.29 is 9.53 Å². The van der Waals surface area contributed by atoms with Gasteiger partial charge in [-0.05, 0) is 59.5 Å². The van der Waals surface area contributed by atoms with Crippen molar-refractivity contribution in [1.29, 1.82) is 0 Å². The average Bonchev–Trinajstić information content (AvgIpc) is 2.46. The van der Waals surface area contributed by atoms with Crippen LogP contribution in [-0.2, 0) is 9.53 Å². The van der Waals surface area contributed by atoms with Gasteiger partial charge in [0.1, 0.15) is 6.10 Å². The maximum absolute atomic E-state index is 11.3. The molecule has 0 spiro atoms. The summed E-state index contributed by atoms with van der Waals surface area (Å²) in [6, 6.07) is 0. The summed E-state index contributed by atoms with van der Waals surface area (Å²) >= 11 is 0. The maximum atomic E-state index is 11.3. The first kappa shape index (κ1) is 21.2. The number of hydrogen-bond acceptors (Lipinski definition) is 2. The van der Waals surface area contributed by atoms with Crippen molar-refractivity contribution in [2.45, 2.75) is 65.9 Å². The molecule has 0 N–H and O–H groups in total. The van der Waals surface area contributed by atoms with Gasteiger partial charge in [-0.25, -0.2) is 4.79 Å². The second-order valence-electron chi connectivity index (χ2n) is 6.13. The molecule has 0 unspecified atom stereocenters. The Kier molecular flexibility index (Phi) is 11.7. The monoisotopic (exact) mass is 316 g/mol. The third kappa shape index (κ3) is 12.4. The van der Waals surface area contributed by atoms with Gasteiger partial charge in [0, 0.05) is 12.5 Å². The van der Waals surface area contributed by atoms with E-state index in [1.54, 1.807) is 6.08 Å². The molecule has 0 amide bonds. The summed E-state index contributed by atoms with van der Waals surface area (Å²) in [4.78, 5) is 11.3. The van der Waals surface area contributed by atoms with Crippen LogP contribution in [0.3, 0.4) is 0 Å². The third-order valence-corrected chi connectivity index (χ3v) is 3.43. The van der Waals surface area contributed by atoms with E-state index < -0.39 is 5.97 Å². The number of ether oxygens (including phenoxy) is 1. The molecule has 0 rings (SSSR count). The van der Waals surface area contributed by atoms with Crippen LogP contribution in [0.4, 0.5) is 0 Å². The van der Waals surface area contributed by atoms with Gasteiger partial charge in [-0.3, -0.25) is 0 Å². The van der Waals surface area contributed by atoms with E-state index in [4.69, 9.17) is 4.74 Å². The van der Waals surface area contributed by atoms with E-state index in [9.17, 15) is 4.79 Å². The Labute approximate surface area is 142 Å². The van der Waals surface area contributed by atoms with Gasteiger partial charge in [-0.2, -0.15) is 0 Å². The second-order valence-corrected chi connectivity index (χ2v) is 6.13. The van der Waals surface area contributed by atoms with Crippen molar-refractivity contribution in [2.24, 2.45) is 0 Å². The Morgan fingerprint density at radius 2 is 1.61 bits per heavy atom. The van der Waals surface area contributed by atoms with Gasteiger partial charge in [-0.15, -0.1) is 6.58 Å². The summed E-state index contributed by atoms with van der Waals surface area (Å²) in [6.07, 6.45) is 14.1. The highest BCUT2D eigenvalue weighted by atomic mass is 16.5. The second kappa shape index (κ2) is 12.7. The normalized spacial score (nSPS) is 13.2. The number of rotatable bonds is 11. The first-order chi connectivity index (χ1) is 10.9. The lowest BCUT2D eigenvalue weighted by Crippen LogP contribution is -2.14. The van der Waals surface area contributed by atoms with Crippen LogP contribution in [0.2, 0.25) is 0 Å². The lowest BCUT2D eigenvalue weighted by atomic mass is 10.0. The molecule has 0 heterocycles. The number of carbonyl (C=O) groups is 1. The number of allylic oxidation sites excluding steroid dienone is 5. The van der Waals surface area contributed by atoms with Gasteiger partial charge in [-0.1, -0.05) is 41.5 Å². The fourth-order valence-corrected chi connectivity index (χ4v) is 2.15. The molecule has 0 fully saturated rings. The number of esters is 1. The average molecular weight is 316 g/mol. The van der Waals surface area contributed by atoms with Crippen LogP contribution < -0.4 is 0 Å². The fourth-order valence-electron chi connectivity index (χ4n) is 2.15. The molecule has 0 aromatic rings. The van der Waals surface area contributed by atoms with E-state index in [-0.39, 0.29) is 6.10 Å². The molecule has 0 aliphatic carbocycles. The molecular weight excluding hydrogens is 284 g/mol. The van der Waals surface area contributed by atoms with Crippen LogP contribution in [0.5, 0.6) is 0 Å². The minimum Gasteiger partial charge on any atom is -0.455 e. The van der Waals surface area contributed by atoms with Crippen LogP contribution in [-0.4, -0.2) is 12.1 Å². The highest BCUT2D eigenvalue weighted by Gasteiger charge is 2.08. The van der Waals surface area contributed by atoms with E-state index >= 15 is 0 Å². The lowest BCUT2D eigenvalue weighted by molar-refractivity contribution is -0.140. The summed E-state index contributed by atoms with van der Waals surface area (Å²) < 4.78 is 5.29. The molecule has 128 valence electrons. The van der Waals surface area contributed by atoms with Gasteiger partial charge in [0.2, 0.25) is 0 Å². The zero-order valence-electron chi connectivity index (χ0n) is 15.2. The van der Waals surface area contributed by atoms with Gasteiger partial charge < -0.3 is 4.74 Å². The molecule has 0 aliphatic rings. The Morgan fingerprint density at radius 1 is 1.00 bits per heavy atom. The van der Waals surface area contributed by atoms with Crippen LogP contribution in [0.15, 0.2) is 60.3 Å². The van der Waals surface area contributed by atoms with E-state index in [0.29, 0.717) is 6.42 Å². The SMILES string of the molecule is C=CC[C@H](/C=C(\C)CC/C=C(\C)CCC=C(C)C)OC(=O)C=C. The maximum Gasteiger partial charge on any atom is 0.330 e. The summed E-state index contributed by atoms with van der Waals surface area (Å²) in [7, 11) is 0. The molecule has 0 saturated heterocycles. The molecule has 0 aromatic carbocycles. The summed E-state index contributed by atoms with van der Waals surface area (Å²) in [5, 5.41) is 0. The van der Waals surface area contributed by atoms with E-state index in [1.165, 1.54) is 22.8 Å². The van der Waals surface area contributed by atoms with Gasteiger partial charge in [0.05, 0.1) is 0 Å². The molecule has 0 aliphatic heterocycles. The summed E-state index contributed by atoms with van der Waals surface area (Å²) in [5.41, 5.74) is 4.02. The first-order valence-corrected chi connectivity index (χ1v) is 8.29. The van der Waals surface area contributed by atoms with Gasteiger partial charge in [0.15, 0.2) is 0 Å². The molecule has 0 saturated carbocycles. The zero-order chi connectivity index (χ0) is 17.7. The van der Waals surface area contributed by atoms with Crippen LogP contribution >= 0.6 is 0 Å². The third-order valence-electron chi connectivity index (χ3n) is 3.43. The van der Waals surface area contributed by atoms with Crippen molar-refractivity contribution in [3.63, 3.8) is 0 Å². The van der Waals surface area contributed by atoms with E-state index in [2.05, 4.69) is 53.0 Å². The molecule has 0 aromatic heterocycles. The Bertz CT molecular complexity index is 474.